The molecule has 6 heteroatoms. The fourth-order valence-electron chi connectivity index (χ4n) is 1.11. The van der Waals surface area contributed by atoms with Crippen molar-refractivity contribution in [2.75, 3.05) is 5.75 Å². The Bertz CT molecular complexity index is 369. The van der Waals surface area contributed by atoms with Crippen molar-refractivity contribution in [2.45, 2.75) is 26.0 Å². The van der Waals surface area contributed by atoms with Crippen molar-refractivity contribution < 1.29 is 14.7 Å². The average molecular weight is 259 g/mol. The number of thiazole rings is 1. The Morgan fingerprint density at radius 1 is 1.50 bits per heavy atom. The number of ketones is 1. The van der Waals surface area contributed by atoms with Crippen LogP contribution in [0.5, 0.6) is 0 Å². The second-order valence-corrected chi connectivity index (χ2v) is 5.39. The summed E-state index contributed by atoms with van der Waals surface area (Å²) in [5.74, 6) is 0.318. The van der Waals surface area contributed by atoms with E-state index in [4.69, 9.17) is 5.11 Å². The number of Topliss-reactive ketones (excluding diaryl/α,β-unsaturated/α-hetero) is 1. The molecule has 1 N–H and O–H groups in total. The topological polar surface area (TPSA) is 67.3 Å². The molecule has 0 aromatic carbocycles. The van der Waals surface area contributed by atoms with Crippen molar-refractivity contribution >= 4 is 34.9 Å². The van der Waals surface area contributed by atoms with Crippen LogP contribution >= 0.6 is 23.1 Å². The van der Waals surface area contributed by atoms with Gasteiger partial charge in [0.1, 0.15) is 9.88 Å². The molecular weight excluding hydrogens is 246 g/mol. The lowest BCUT2D eigenvalue weighted by molar-refractivity contribution is 0.0687. The van der Waals surface area contributed by atoms with Crippen molar-refractivity contribution in [2.24, 2.45) is 0 Å². The van der Waals surface area contributed by atoms with Crippen molar-refractivity contribution in [1.29, 1.82) is 0 Å². The summed E-state index contributed by atoms with van der Waals surface area (Å²) in [6.07, 6.45) is 1.07. The molecular formula is C10H13NO3S2. The van der Waals surface area contributed by atoms with E-state index in [0.29, 0.717) is 10.8 Å². The molecule has 0 amide bonds. The van der Waals surface area contributed by atoms with Gasteiger partial charge in [0.25, 0.3) is 0 Å². The number of aromatic nitrogens is 1. The first kappa shape index (κ1) is 13.2. The quantitative estimate of drug-likeness (QED) is 0.628. The van der Waals surface area contributed by atoms with Crippen molar-refractivity contribution in [1.82, 2.24) is 4.98 Å². The number of nitrogens with zero attached hydrogens (tertiary/aromatic N) is 1. The molecule has 1 aromatic heterocycles. The molecule has 0 atom stereocenters. The number of rotatable bonds is 6. The summed E-state index contributed by atoms with van der Waals surface area (Å²) in [7, 11) is 0. The Kier molecular flexibility index (Phi) is 4.95. The van der Waals surface area contributed by atoms with E-state index in [2.05, 4.69) is 11.9 Å². The summed E-state index contributed by atoms with van der Waals surface area (Å²) < 4.78 is 0. The Morgan fingerprint density at radius 3 is 2.62 bits per heavy atom. The van der Waals surface area contributed by atoms with E-state index in [1.807, 2.05) is 0 Å². The van der Waals surface area contributed by atoms with Gasteiger partial charge in [-0.05, 0) is 12.2 Å². The summed E-state index contributed by atoms with van der Waals surface area (Å²) >= 11 is 2.88. The van der Waals surface area contributed by atoms with Gasteiger partial charge in [-0.2, -0.15) is 11.8 Å². The van der Waals surface area contributed by atoms with Crippen LogP contribution in [0.2, 0.25) is 0 Å². The van der Waals surface area contributed by atoms with E-state index in [-0.39, 0.29) is 16.4 Å². The molecule has 4 nitrogen and oxygen atoms in total. The molecule has 0 saturated carbocycles. The molecule has 0 bridgehead atoms. The summed E-state index contributed by atoms with van der Waals surface area (Å²) in [5.41, 5.74) is -0.107. The summed E-state index contributed by atoms with van der Waals surface area (Å²) in [4.78, 5) is 26.3. The molecule has 1 heterocycles. The number of carbonyl (C=O) groups excluding carboxylic acids is 1. The van der Waals surface area contributed by atoms with E-state index in [1.54, 1.807) is 11.8 Å². The van der Waals surface area contributed by atoms with Crippen LogP contribution in [0.4, 0.5) is 0 Å². The van der Waals surface area contributed by atoms with E-state index in [1.165, 1.54) is 18.3 Å². The van der Waals surface area contributed by atoms with Gasteiger partial charge in [0, 0.05) is 12.7 Å². The average Bonchev–Trinajstić information content (AvgIpc) is 2.62. The molecule has 0 fully saturated rings. The van der Waals surface area contributed by atoms with Gasteiger partial charge in [0.05, 0.1) is 0 Å². The van der Waals surface area contributed by atoms with Gasteiger partial charge >= 0.3 is 5.97 Å². The first-order chi connectivity index (χ1) is 7.56. The van der Waals surface area contributed by atoms with Crippen LogP contribution in [0.25, 0.3) is 0 Å². The molecule has 1 aromatic rings. The fourth-order valence-corrected chi connectivity index (χ4v) is 3.02. The Balaban J connectivity index is 2.84. The standard InChI is InChI=1S/C10H13NO3S2/c1-3-4-15-5-7-11-8(10(13)14)9(16-7)6(2)12/h3-5H2,1-2H3,(H,13,14). The Hall–Kier alpha value is -0.880. The minimum absolute atomic E-state index is 0.107. The van der Waals surface area contributed by atoms with Crippen molar-refractivity contribution in [3.63, 3.8) is 0 Å². The predicted molar refractivity (Wildman–Crippen MR) is 65.5 cm³/mol. The zero-order valence-corrected chi connectivity index (χ0v) is 10.8. The molecule has 0 aliphatic rings. The highest BCUT2D eigenvalue weighted by molar-refractivity contribution is 7.98. The second kappa shape index (κ2) is 6.00. The molecule has 88 valence electrons. The summed E-state index contributed by atoms with van der Waals surface area (Å²) in [6.45, 7) is 3.45. The van der Waals surface area contributed by atoms with E-state index >= 15 is 0 Å². The molecule has 0 aliphatic heterocycles. The molecule has 0 radical (unpaired) electrons. The molecule has 16 heavy (non-hydrogen) atoms. The summed E-state index contributed by atoms with van der Waals surface area (Å²) in [5, 5.41) is 9.59. The fraction of sp³-hybridized carbons (Fsp3) is 0.500. The number of thioether (sulfide) groups is 1. The highest BCUT2D eigenvalue weighted by Gasteiger charge is 2.20. The number of carboxylic acids is 1. The second-order valence-electron chi connectivity index (χ2n) is 3.20. The van der Waals surface area contributed by atoms with Gasteiger partial charge in [-0.15, -0.1) is 11.3 Å². The lowest BCUT2D eigenvalue weighted by Gasteiger charge is -1.93. The zero-order valence-electron chi connectivity index (χ0n) is 9.15. The lowest BCUT2D eigenvalue weighted by atomic mass is 10.3. The molecule has 0 saturated heterocycles. The van der Waals surface area contributed by atoms with Gasteiger partial charge in [-0.25, -0.2) is 9.78 Å². The van der Waals surface area contributed by atoms with Crippen molar-refractivity contribution in [3.8, 4) is 0 Å². The number of hydrogen-bond donors (Lipinski definition) is 1. The summed E-state index contributed by atoms with van der Waals surface area (Å²) in [6, 6.07) is 0. The number of carbonyl (C=O) groups is 2. The largest absolute Gasteiger partial charge is 0.476 e. The van der Waals surface area contributed by atoms with Crippen LogP contribution < -0.4 is 0 Å². The number of carboxylic acid groups (broad SMARTS) is 1. The van der Waals surface area contributed by atoms with E-state index in [0.717, 1.165) is 12.2 Å². The SMILES string of the molecule is CCCSCc1nc(C(=O)O)c(C(C)=O)s1. The van der Waals surface area contributed by atoms with Gasteiger partial charge in [-0.1, -0.05) is 6.92 Å². The number of aromatic carboxylic acids is 1. The maximum absolute atomic E-state index is 11.2. The molecule has 1 rings (SSSR count). The van der Waals surface area contributed by atoms with Crippen LogP contribution in [-0.4, -0.2) is 27.6 Å². The third-order valence-electron chi connectivity index (χ3n) is 1.77. The first-order valence-electron chi connectivity index (χ1n) is 4.88. The maximum Gasteiger partial charge on any atom is 0.356 e. The smallest absolute Gasteiger partial charge is 0.356 e. The van der Waals surface area contributed by atoms with Crippen LogP contribution in [0, 0.1) is 0 Å². The number of hydrogen-bond acceptors (Lipinski definition) is 5. The third kappa shape index (κ3) is 3.31. The minimum atomic E-state index is -1.13. The maximum atomic E-state index is 11.2. The van der Waals surface area contributed by atoms with Gasteiger partial charge in [0.2, 0.25) is 0 Å². The zero-order chi connectivity index (χ0) is 12.1. The molecule has 0 aliphatic carbocycles. The molecule has 0 spiro atoms. The highest BCUT2D eigenvalue weighted by atomic mass is 32.2. The highest BCUT2D eigenvalue weighted by Crippen LogP contribution is 2.23. The normalized spacial score (nSPS) is 10.4. The van der Waals surface area contributed by atoms with Crippen LogP contribution in [-0.2, 0) is 5.75 Å². The lowest BCUT2D eigenvalue weighted by Crippen LogP contribution is -2.03. The monoisotopic (exact) mass is 259 g/mol. The van der Waals surface area contributed by atoms with Crippen molar-refractivity contribution in [3.05, 3.63) is 15.6 Å². The Labute approximate surface area is 102 Å². The third-order valence-corrected chi connectivity index (χ3v) is 4.28. The van der Waals surface area contributed by atoms with E-state index < -0.39 is 5.97 Å². The predicted octanol–water partition coefficient (Wildman–Crippen LogP) is 2.69. The first-order valence-corrected chi connectivity index (χ1v) is 6.85. The minimum Gasteiger partial charge on any atom is -0.476 e. The molecule has 0 unspecified atom stereocenters. The van der Waals surface area contributed by atoms with E-state index in [9.17, 15) is 9.59 Å². The van der Waals surface area contributed by atoms with Gasteiger partial charge in [-0.3, -0.25) is 4.79 Å². The van der Waals surface area contributed by atoms with Gasteiger partial charge in [0.15, 0.2) is 11.5 Å². The Morgan fingerprint density at radius 2 is 2.19 bits per heavy atom. The van der Waals surface area contributed by atoms with Gasteiger partial charge < -0.3 is 5.11 Å². The van der Waals surface area contributed by atoms with Crippen LogP contribution in [0.1, 0.15) is 45.4 Å². The van der Waals surface area contributed by atoms with Crippen LogP contribution in [0.15, 0.2) is 0 Å². The van der Waals surface area contributed by atoms with Crippen LogP contribution in [0.3, 0.4) is 0 Å².